The van der Waals surface area contributed by atoms with E-state index >= 15 is 0 Å². The summed E-state index contributed by atoms with van der Waals surface area (Å²) in [6.45, 7) is 2.20. The number of benzene rings is 2. The first kappa shape index (κ1) is 26.0. The first-order chi connectivity index (χ1) is 13.4. The van der Waals surface area contributed by atoms with Crippen LogP contribution < -0.4 is 39.4 Å². The van der Waals surface area contributed by atoms with Gasteiger partial charge in [0.25, 0.3) is 10.1 Å². The Bertz CT molecular complexity index is 852. The van der Waals surface area contributed by atoms with Gasteiger partial charge in [-0.3, -0.25) is 4.55 Å². The van der Waals surface area contributed by atoms with E-state index in [1.54, 1.807) is 24.3 Å². The Morgan fingerprint density at radius 1 is 0.897 bits per heavy atom. The molecule has 0 saturated carbocycles. The Kier molecular flexibility index (Phi) is 11.9. The van der Waals surface area contributed by atoms with E-state index in [9.17, 15) is 18.1 Å². The van der Waals surface area contributed by atoms with Crippen molar-refractivity contribution in [1.82, 2.24) is 0 Å². The standard InChI is InChI=1S/C22H30O5S.Na/c1-2-3-4-5-6-7-8-9-13-18-14-12-17-21(28(24,25)26)22(18)27-20-16-11-10-15-19(20)23;/h10-12,14-17,23H,2-9,13H2,1H3,(H,24,25,26);/q;+1/p-1. The molecule has 0 aromatic heterocycles. The van der Waals surface area contributed by atoms with Crippen LogP contribution in [-0.2, 0) is 16.5 Å². The van der Waals surface area contributed by atoms with Gasteiger partial charge in [0.1, 0.15) is 10.6 Å². The third kappa shape index (κ3) is 8.69. The maximum absolute atomic E-state index is 12.0. The summed E-state index contributed by atoms with van der Waals surface area (Å²) in [4.78, 5) is -0.312. The molecule has 0 amide bonds. The van der Waals surface area contributed by atoms with Gasteiger partial charge in [-0.05, 0) is 30.5 Å². The molecular weight excluding hydrogens is 399 g/mol. The molecule has 2 aromatic rings. The predicted octanol–water partition coefficient (Wildman–Crippen LogP) is 2.49. The molecule has 5 nitrogen and oxygen atoms in total. The predicted molar refractivity (Wildman–Crippen MR) is 109 cm³/mol. The fourth-order valence-corrected chi connectivity index (χ4v) is 3.83. The molecule has 0 unspecified atom stereocenters. The molecule has 1 N–H and O–H groups in total. The van der Waals surface area contributed by atoms with Crippen LogP contribution in [0.15, 0.2) is 47.4 Å². The van der Waals surface area contributed by atoms with Crippen molar-refractivity contribution in [3.05, 3.63) is 48.0 Å². The average Bonchev–Trinajstić information content (AvgIpc) is 2.65. The Hall–Kier alpha value is -1.05. The Morgan fingerprint density at radius 3 is 2.14 bits per heavy atom. The molecule has 0 bridgehead atoms. The van der Waals surface area contributed by atoms with E-state index in [0.717, 1.165) is 19.3 Å². The van der Waals surface area contributed by atoms with Gasteiger partial charge in [-0.2, -0.15) is 8.42 Å². The zero-order valence-electron chi connectivity index (χ0n) is 17.4. The zero-order valence-corrected chi connectivity index (χ0v) is 20.2. The number of aryl methyl sites for hydroxylation is 1. The maximum Gasteiger partial charge on any atom is 1.00 e. The maximum atomic E-state index is 12.0. The number of unbranched alkanes of at least 4 members (excludes halogenated alkanes) is 7. The quantitative estimate of drug-likeness (QED) is 0.319. The molecular formula is C22H29NaO5S. The van der Waals surface area contributed by atoms with E-state index in [1.165, 1.54) is 50.3 Å². The summed E-state index contributed by atoms with van der Waals surface area (Å²) < 4.78 is 38.8. The van der Waals surface area contributed by atoms with Gasteiger partial charge in [0.2, 0.25) is 0 Å². The second kappa shape index (κ2) is 13.3. The molecule has 154 valence electrons. The van der Waals surface area contributed by atoms with Gasteiger partial charge >= 0.3 is 29.6 Å². The number of para-hydroxylation sites is 3. The zero-order chi connectivity index (χ0) is 20.4. The molecule has 2 aromatic carbocycles. The summed E-state index contributed by atoms with van der Waals surface area (Å²) in [6, 6.07) is 10.7. The summed E-state index contributed by atoms with van der Waals surface area (Å²) in [7, 11) is -4.46. The van der Waals surface area contributed by atoms with Crippen molar-refractivity contribution in [1.29, 1.82) is 0 Å². The van der Waals surface area contributed by atoms with E-state index in [-0.39, 0.29) is 51.7 Å². The van der Waals surface area contributed by atoms with Crippen LogP contribution >= 0.6 is 0 Å². The van der Waals surface area contributed by atoms with Gasteiger partial charge < -0.3 is 9.84 Å². The normalized spacial score (nSPS) is 11.1. The molecule has 29 heavy (non-hydrogen) atoms. The summed E-state index contributed by atoms with van der Waals surface area (Å²) in [5.74, 6) is -0.266. The SMILES string of the molecule is CCCCCCCCCCc1cccc(S(=O)(=O)O)c1Oc1ccccc1[O-].[Na+]. The van der Waals surface area contributed by atoms with Crippen molar-refractivity contribution in [3.63, 3.8) is 0 Å². The summed E-state index contributed by atoms with van der Waals surface area (Å²) in [5.41, 5.74) is 0.671. The summed E-state index contributed by atoms with van der Waals surface area (Å²) in [5, 5.41) is 12.0. The molecule has 0 atom stereocenters. The van der Waals surface area contributed by atoms with E-state index in [2.05, 4.69) is 6.92 Å². The average molecular weight is 429 g/mol. The molecule has 0 radical (unpaired) electrons. The van der Waals surface area contributed by atoms with Gasteiger partial charge in [-0.25, -0.2) is 0 Å². The first-order valence-electron chi connectivity index (χ1n) is 9.96. The van der Waals surface area contributed by atoms with Crippen LogP contribution in [0.3, 0.4) is 0 Å². The number of rotatable bonds is 12. The Labute approximate surface area is 196 Å². The van der Waals surface area contributed by atoms with Crippen LogP contribution in [0.2, 0.25) is 0 Å². The van der Waals surface area contributed by atoms with Crippen molar-refractivity contribution in [3.8, 4) is 17.2 Å². The van der Waals surface area contributed by atoms with Gasteiger partial charge in [0, 0.05) is 0 Å². The Morgan fingerprint density at radius 2 is 1.52 bits per heavy atom. The van der Waals surface area contributed by atoms with Crippen LogP contribution in [0.25, 0.3) is 0 Å². The largest absolute Gasteiger partial charge is 1.00 e. The second-order valence-corrected chi connectivity index (χ2v) is 8.38. The smallest absolute Gasteiger partial charge is 0.870 e. The number of hydrogen-bond acceptors (Lipinski definition) is 4. The molecule has 0 heterocycles. The van der Waals surface area contributed by atoms with Crippen LogP contribution in [0.5, 0.6) is 17.2 Å². The second-order valence-electron chi connectivity index (χ2n) is 6.99. The van der Waals surface area contributed by atoms with Crippen molar-refractivity contribution in [2.75, 3.05) is 0 Å². The van der Waals surface area contributed by atoms with Crippen LogP contribution in [0.4, 0.5) is 0 Å². The molecule has 0 fully saturated rings. The van der Waals surface area contributed by atoms with E-state index in [4.69, 9.17) is 4.74 Å². The summed E-state index contributed by atoms with van der Waals surface area (Å²) in [6.07, 6.45) is 9.94. The van der Waals surface area contributed by atoms with Gasteiger partial charge in [-0.15, -0.1) is 0 Å². The van der Waals surface area contributed by atoms with Crippen molar-refractivity contribution in [2.24, 2.45) is 0 Å². The van der Waals surface area contributed by atoms with E-state index < -0.39 is 10.1 Å². The molecule has 7 heteroatoms. The van der Waals surface area contributed by atoms with Crippen molar-refractivity contribution < 1.29 is 52.4 Å². The van der Waals surface area contributed by atoms with Crippen LogP contribution in [-0.4, -0.2) is 13.0 Å². The first-order valence-corrected chi connectivity index (χ1v) is 11.4. The third-order valence-corrected chi connectivity index (χ3v) is 5.58. The molecule has 2 rings (SSSR count). The molecule has 0 saturated heterocycles. The van der Waals surface area contributed by atoms with Crippen molar-refractivity contribution in [2.45, 2.75) is 69.6 Å². The topological polar surface area (TPSA) is 86.7 Å². The molecule has 0 aliphatic heterocycles. The van der Waals surface area contributed by atoms with Crippen LogP contribution in [0.1, 0.15) is 63.9 Å². The fourth-order valence-electron chi connectivity index (χ4n) is 3.17. The molecule has 0 aliphatic carbocycles. The van der Waals surface area contributed by atoms with Gasteiger partial charge in [-0.1, -0.05) is 88.0 Å². The monoisotopic (exact) mass is 428 g/mol. The van der Waals surface area contributed by atoms with Gasteiger partial charge in [0.05, 0.1) is 0 Å². The van der Waals surface area contributed by atoms with Crippen LogP contribution in [0, 0.1) is 0 Å². The van der Waals surface area contributed by atoms with Gasteiger partial charge in [0.15, 0.2) is 5.75 Å². The minimum absolute atomic E-state index is 0. The molecule has 0 aliphatic rings. The van der Waals surface area contributed by atoms with E-state index in [0.29, 0.717) is 12.0 Å². The van der Waals surface area contributed by atoms with Crippen molar-refractivity contribution >= 4 is 10.1 Å². The van der Waals surface area contributed by atoms with E-state index in [1.807, 2.05) is 0 Å². The summed E-state index contributed by atoms with van der Waals surface area (Å²) >= 11 is 0. The Balaban J connectivity index is 0.00000420. The fraction of sp³-hybridized carbons (Fsp3) is 0.455. The number of hydrogen-bond donors (Lipinski definition) is 1. The molecule has 0 spiro atoms. The minimum Gasteiger partial charge on any atom is -0.870 e. The number of ether oxygens (including phenoxy) is 1. The third-order valence-electron chi connectivity index (χ3n) is 4.70. The minimum atomic E-state index is -4.46.